The quantitative estimate of drug-likeness (QED) is 0.756. The predicted molar refractivity (Wildman–Crippen MR) is 84.9 cm³/mol. The minimum atomic E-state index is 0.347. The molecule has 0 radical (unpaired) electrons. The van der Waals surface area contributed by atoms with Crippen LogP contribution in [0.25, 0.3) is 0 Å². The predicted octanol–water partition coefficient (Wildman–Crippen LogP) is 3.91. The van der Waals surface area contributed by atoms with E-state index in [-0.39, 0.29) is 0 Å². The molecule has 104 valence electrons. The second-order valence-corrected chi connectivity index (χ2v) is 7.08. The summed E-state index contributed by atoms with van der Waals surface area (Å²) in [6.07, 6.45) is 1.81. The van der Waals surface area contributed by atoms with Gasteiger partial charge < -0.3 is 4.57 Å². The average Bonchev–Trinajstić information content (AvgIpc) is 2.87. The lowest BCUT2D eigenvalue weighted by atomic mass is 10.4. The Labute approximate surface area is 130 Å². The van der Waals surface area contributed by atoms with Crippen molar-refractivity contribution in [2.45, 2.75) is 33.1 Å². The molecule has 0 aliphatic carbocycles. The van der Waals surface area contributed by atoms with Crippen molar-refractivity contribution < 1.29 is 0 Å². The van der Waals surface area contributed by atoms with Gasteiger partial charge in [-0.25, -0.2) is 4.68 Å². The molecule has 0 bridgehead atoms. The molecule has 0 aliphatic rings. The number of thiophene rings is 1. The molecule has 2 aromatic rings. The van der Waals surface area contributed by atoms with Crippen LogP contribution in [-0.2, 0) is 13.2 Å². The van der Waals surface area contributed by atoms with Crippen molar-refractivity contribution >= 4 is 39.5 Å². The lowest BCUT2D eigenvalue weighted by Gasteiger charge is -2.15. The van der Waals surface area contributed by atoms with E-state index < -0.39 is 0 Å². The van der Waals surface area contributed by atoms with E-state index in [0.29, 0.717) is 12.7 Å². The van der Waals surface area contributed by atoms with Crippen molar-refractivity contribution in [2.75, 3.05) is 7.05 Å². The van der Waals surface area contributed by atoms with Crippen LogP contribution in [0, 0.1) is 4.77 Å². The zero-order valence-corrected chi connectivity index (χ0v) is 14.4. The van der Waals surface area contributed by atoms with E-state index in [2.05, 4.69) is 58.3 Å². The standard InChI is InChI=1S/C12H17BrN4S2/c1-9(2)16-7-14-17(12(16)18)8-15(3)5-11-4-10(13)6-19-11/h4,6-7,9H,5,8H2,1-3H3. The van der Waals surface area contributed by atoms with Gasteiger partial charge in [-0.3, -0.25) is 4.90 Å². The molecule has 0 aromatic carbocycles. The first-order chi connectivity index (χ1) is 8.97. The Balaban J connectivity index is 2.03. The smallest absolute Gasteiger partial charge is 0.199 e. The first-order valence-electron chi connectivity index (χ1n) is 6.02. The van der Waals surface area contributed by atoms with Gasteiger partial charge in [0.15, 0.2) is 4.77 Å². The zero-order valence-electron chi connectivity index (χ0n) is 11.2. The van der Waals surface area contributed by atoms with Crippen molar-refractivity contribution in [3.8, 4) is 0 Å². The monoisotopic (exact) mass is 360 g/mol. The summed E-state index contributed by atoms with van der Waals surface area (Å²) in [7, 11) is 2.07. The van der Waals surface area contributed by atoms with E-state index in [9.17, 15) is 0 Å². The Morgan fingerprint density at radius 1 is 1.53 bits per heavy atom. The molecule has 19 heavy (non-hydrogen) atoms. The molecule has 4 nitrogen and oxygen atoms in total. The van der Waals surface area contributed by atoms with Crippen LogP contribution in [0.3, 0.4) is 0 Å². The van der Waals surface area contributed by atoms with Crippen LogP contribution in [-0.4, -0.2) is 26.3 Å². The molecule has 0 atom stereocenters. The van der Waals surface area contributed by atoms with Crippen molar-refractivity contribution in [3.63, 3.8) is 0 Å². The Hall–Kier alpha value is -0.500. The first kappa shape index (κ1) is 14.9. The highest BCUT2D eigenvalue weighted by atomic mass is 79.9. The number of aromatic nitrogens is 3. The van der Waals surface area contributed by atoms with Gasteiger partial charge in [0.25, 0.3) is 0 Å². The van der Waals surface area contributed by atoms with E-state index >= 15 is 0 Å². The Morgan fingerprint density at radius 2 is 2.26 bits per heavy atom. The molecule has 2 aromatic heterocycles. The lowest BCUT2D eigenvalue weighted by molar-refractivity contribution is 0.245. The summed E-state index contributed by atoms with van der Waals surface area (Å²) >= 11 is 10.6. The summed E-state index contributed by atoms with van der Waals surface area (Å²) in [5.41, 5.74) is 0. The van der Waals surface area contributed by atoms with E-state index in [1.807, 2.05) is 15.6 Å². The van der Waals surface area contributed by atoms with Crippen LogP contribution in [0.2, 0.25) is 0 Å². The highest BCUT2D eigenvalue weighted by molar-refractivity contribution is 9.10. The molecule has 0 fully saturated rings. The molecule has 0 amide bonds. The van der Waals surface area contributed by atoms with Gasteiger partial charge in [-0.1, -0.05) is 0 Å². The van der Waals surface area contributed by atoms with Crippen LogP contribution in [0.15, 0.2) is 22.2 Å². The maximum Gasteiger partial charge on any atom is 0.199 e. The number of hydrogen-bond donors (Lipinski definition) is 0. The third kappa shape index (κ3) is 3.75. The van der Waals surface area contributed by atoms with Crippen molar-refractivity contribution in [3.05, 3.63) is 31.9 Å². The van der Waals surface area contributed by atoms with Crippen LogP contribution >= 0.6 is 39.5 Å². The second-order valence-electron chi connectivity index (χ2n) is 4.80. The summed E-state index contributed by atoms with van der Waals surface area (Å²) in [6, 6.07) is 2.49. The SMILES string of the molecule is CC(C)n1cnn(CN(C)Cc2cc(Br)cs2)c1=S. The molecular weight excluding hydrogens is 344 g/mol. The zero-order chi connectivity index (χ0) is 14.0. The largest absolute Gasteiger partial charge is 0.304 e. The fraction of sp³-hybridized carbons (Fsp3) is 0.500. The number of rotatable bonds is 5. The van der Waals surface area contributed by atoms with E-state index in [0.717, 1.165) is 15.8 Å². The third-order valence-electron chi connectivity index (χ3n) is 2.74. The second kappa shape index (κ2) is 6.30. The summed E-state index contributed by atoms with van der Waals surface area (Å²) in [4.78, 5) is 3.52. The Morgan fingerprint density at radius 3 is 2.79 bits per heavy atom. The van der Waals surface area contributed by atoms with Gasteiger partial charge in [0.05, 0.1) is 6.67 Å². The normalized spacial score (nSPS) is 11.7. The Kier molecular flexibility index (Phi) is 4.94. The third-order valence-corrected chi connectivity index (χ3v) is 4.84. The minimum Gasteiger partial charge on any atom is -0.304 e. The summed E-state index contributed by atoms with van der Waals surface area (Å²) in [6.45, 7) is 5.81. The molecule has 0 saturated carbocycles. The Bertz CT molecular complexity index is 599. The topological polar surface area (TPSA) is 26.0 Å². The summed E-state index contributed by atoms with van der Waals surface area (Å²) < 4.78 is 5.78. The van der Waals surface area contributed by atoms with Gasteiger partial charge in [-0.15, -0.1) is 11.3 Å². The minimum absolute atomic E-state index is 0.347. The summed E-state index contributed by atoms with van der Waals surface area (Å²) in [5, 5.41) is 6.45. The lowest BCUT2D eigenvalue weighted by Crippen LogP contribution is -2.22. The number of hydrogen-bond acceptors (Lipinski definition) is 4. The molecule has 7 heteroatoms. The van der Waals surface area contributed by atoms with Gasteiger partial charge in [0.1, 0.15) is 6.33 Å². The maximum atomic E-state index is 5.42. The summed E-state index contributed by atoms with van der Waals surface area (Å²) in [5.74, 6) is 0. The molecule has 0 N–H and O–H groups in total. The molecule has 0 unspecified atom stereocenters. The maximum absolute atomic E-state index is 5.42. The molecule has 0 aliphatic heterocycles. The molecule has 0 spiro atoms. The molecule has 2 heterocycles. The van der Waals surface area contributed by atoms with Gasteiger partial charge in [0.2, 0.25) is 0 Å². The van der Waals surface area contributed by atoms with Gasteiger partial charge >= 0.3 is 0 Å². The molecular formula is C12H17BrN4S2. The van der Waals surface area contributed by atoms with Gasteiger partial charge in [-0.2, -0.15) is 5.10 Å². The van der Waals surface area contributed by atoms with Gasteiger partial charge in [-0.05, 0) is 55.1 Å². The van der Waals surface area contributed by atoms with Crippen molar-refractivity contribution in [2.24, 2.45) is 0 Å². The molecule has 0 saturated heterocycles. The van der Waals surface area contributed by atoms with Crippen LogP contribution in [0.5, 0.6) is 0 Å². The van der Waals surface area contributed by atoms with Crippen LogP contribution in [0.4, 0.5) is 0 Å². The van der Waals surface area contributed by atoms with E-state index in [4.69, 9.17) is 12.2 Å². The average molecular weight is 361 g/mol. The fourth-order valence-corrected chi connectivity index (χ4v) is 3.68. The van der Waals surface area contributed by atoms with Crippen molar-refractivity contribution in [1.82, 2.24) is 19.2 Å². The van der Waals surface area contributed by atoms with Gasteiger partial charge in [0, 0.05) is 27.3 Å². The highest BCUT2D eigenvalue weighted by Gasteiger charge is 2.08. The number of halogens is 1. The van der Waals surface area contributed by atoms with E-state index in [1.165, 1.54) is 4.88 Å². The molecule has 2 rings (SSSR count). The van der Waals surface area contributed by atoms with Crippen LogP contribution < -0.4 is 0 Å². The van der Waals surface area contributed by atoms with Crippen molar-refractivity contribution in [1.29, 1.82) is 0 Å². The number of nitrogens with zero attached hydrogens (tertiary/aromatic N) is 4. The van der Waals surface area contributed by atoms with E-state index in [1.54, 1.807) is 11.3 Å². The highest BCUT2D eigenvalue weighted by Crippen LogP contribution is 2.20. The first-order valence-corrected chi connectivity index (χ1v) is 8.11. The fourth-order valence-electron chi connectivity index (χ4n) is 1.78. The van der Waals surface area contributed by atoms with Crippen LogP contribution in [0.1, 0.15) is 24.8 Å².